The molecule has 2 amide bonds. The molecule has 118 valence electrons. The fourth-order valence-corrected chi connectivity index (χ4v) is 2.08. The van der Waals surface area contributed by atoms with Crippen LogP contribution in [0, 0.1) is 13.8 Å². The first-order chi connectivity index (χ1) is 10.5. The van der Waals surface area contributed by atoms with Gasteiger partial charge in [-0.05, 0) is 38.5 Å². The monoisotopic (exact) mass is 303 g/mol. The van der Waals surface area contributed by atoms with Crippen molar-refractivity contribution < 1.29 is 9.90 Å². The SMILES string of the molecule is CCC(CO)NC(=O)Nc1ccc(-n2nc(C)cc2C)nc1. The number of nitrogens with one attached hydrogen (secondary N) is 2. The van der Waals surface area contributed by atoms with Crippen LogP contribution in [-0.2, 0) is 0 Å². The third-order valence-corrected chi connectivity index (χ3v) is 3.28. The predicted molar refractivity (Wildman–Crippen MR) is 84.2 cm³/mol. The Labute approximate surface area is 129 Å². The number of aliphatic hydroxyl groups excluding tert-OH is 1. The summed E-state index contributed by atoms with van der Waals surface area (Å²) in [6.07, 6.45) is 2.24. The van der Waals surface area contributed by atoms with E-state index in [1.807, 2.05) is 26.8 Å². The van der Waals surface area contributed by atoms with Gasteiger partial charge in [0, 0.05) is 5.69 Å². The molecule has 1 unspecified atom stereocenters. The van der Waals surface area contributed by atoms with Crippen molar-refractivity contribution in [2.75, 3.05) is 11.9 Å². The van der Waals surface area contributed by atoms with Crippen molar-refractivity contribution in [3.05, 3.63) is 35.8 Å². The van der Waals surface area contributed by atoms with Crippen LogP contribution in [0.5, 0.6) is 0 Å². The molecule has 0 fully saturated rings. The van der Waals surface area contributed by atoms with Crippen molar-refractivity contribution in [3.63, 3.8) is 0 Å². The number of amides is 2. The summed E-state index contributed by atoms with van der Waals surface area (Å²) >= 11 is 0. The summed E-state index contributed by atoms with van der Waals surface area (Å²) in [5.74, 6) is 0.693. The van der Waals surface area contributed by atoms with E-state index in [4.69, 9.17) is 5.11 Å². The number of aliphatic hydroxyl groups is 1. The Morgan fingerprint density at radius 1 is 1.41 bits per heavy atom. The quantitative estimate of drug-likeness (QED) is 0.785. The van der Waals surface area contributed by atoms with Gasteiger partial charge in [-0.3, -0.25) is 0 Å². The number of carbonyl (C=O) groups excluding carboxylic acids is 1. The zero-order chi connectivity index (χ0) is 16.1. The summed E-state index contributed by atoms with van der Waals surface area (Å²) in [5.41, 5.74) is 2.50. The van der Waals surface area contributed by atoms with Crippen LogP contribution in [-0.4, -0.2) is 38.6 Å². The number of rotatable bonds is 5. The lowest BCUT2D eigenvalue weighted by molar-refractivity contribution is 0.222. The highest BCUT2D eigenvalue weighted by Crippen LogP contribution is 2.12. The molecule has 0 saturated heterocycles. The van der Waals surface area contributed by atoms with E-state index in [-0.39, 0.29) is 18.7 Å². The van der Waals surface area contributed by atoms with Gasteiger partial charge in [-0.15, -0.1) is 0 Å². The van der Waals surface area contributed by atoms with E-state index < -0.39 is 0 Å². The second kappa shape index (κ2) is 7.04. The lowest BCUT2D eigenvalue weighted by Crippen LogP contribution is -2.39. The minimum Gasteiger partial charge on any atom is -0.394 e. The Morgan fingerprint density at radius 3 is 2.68 bits per heavy atom. The van der Waals surface area contributed by atoms with E-state index in [9.17, 15) is 4.79 Å². The van der Waals surface area contributed by atoms with Crippen LogP contribution in [0.3, 0.4) is 0 Å². The molecule has 22 heavy (non-hydrogen) atoms. The molecule has 0 spiro atoms. The van der Waals surface area contributed by atoms with Gasteiger partial charge in [-0.25, -0.2) is 14.5 Å². The van der Waals surface area contributed by atoms with Crippen molar-refractivity contribution in [1.82, 2.24) is 20.1 Å². The highest BCUT2D eigenvalue weighted by atomic mass is 16.3. The highest BCUT2D eigenvalue weighted by molar-refractivity contribution is 5.89. The smallest absolute Gasteiger partial charge is 0.319 e. The number of hydrogen-bond donors (Lipinski definition) is 3. The molecule has 2 heterocycles. The first-order valence-electron chi connectivity index (χ1n) is 7.21. The van der Waals surface area contributed by atoms with E-state index in [2.05, 4.69) is 20.7 Å². The fraction of sp³-hybridized carbons (Fsp3) is 0.400. The largest absolute Gasteiger partial charge is 0.394 e. The maximum absolute atomic E-state index is 11.8. The molecule has 2 rings (SSSR count). The van der Waals surface area contributed by atoms with E-state index in [1.165, 1.54) is 0 Å². The maximum Gasteiger partial charge on any atom is 0.319 e. The molecule has 7 heteroatoms. The van der Waals surface area contributed by atoms with Gasteiger partial charge >= 0.3 is 6.03 Å². The zero-order valence-corrected chi connectivity index (χ0v) is 13.0. The number of aryl methyl sites for hydroxylation is 2. The fourth-order valence-electron chi connectivity index (χ4n) is 2.08. The molecule has 0 aromatic carbocycles. The van der Waals surface area contributed by atoms with Crippen LogP contribution < -0.4 is 10.6 Å². The van der Waals surface area contributed by atoms with Crippen molar-refractivity contribution in [2.45, 2.75) is 33.2 Å². The van der Waals surface area contributed by atoms with Crippen LogP contribution in [0.1, 0.15) is 24.7 Å². The molecular weight excluding hydrogens is 282 g/mol. The summed E-state index contributed by atoms with van der Waals surface area (Å²) in [5, 5.41) is 18.8. The molecule has 0 aliphatic carbocycles. The standard InChI is InChI=1S/C15H21N5O2/c1-4-12(9-21)17-15(22)18-13-5-6-14(16-8-13)20-11(3)7-10(2)19-20/h5-8,12,21H,4,9H2,1-3H3,(H2,17,18,22). The van der Waals surface area contributed by atoms with Crippen molar-refractivity contribution in [1.29, 1.82) is 0 Å². The van der Waals surface area contributed by atoms with Gasteiger partial charge in [0.15, 0.2) is 5.82 Å². The van der Waals surface area contributed by atoms with Gasteiger partial charge in [0.25, 0.3) is 0 Å². The molecule has 3 N–H and O–H groups in total. The predicted octanol–water partition coefficient (Wildman–Crippen LogP) is 1.78. The summed E-state index contributed by atoms with van der Waals surface area (Å²) in [6.45, 7) is 5.70. The summed E-state index contributed by atoms with van der Waals surface area (Å²) < 4.78 is 1.75. The molecule has 7 nitrogen and oxygen atoms in total. The number of carbonyl (C=O) groups is 1. The van der Waals surface area contributed by atoms with E-state index in [0.29, 0.717) is 17.9 Å². The number of anilines is 1. The Morgan fingerprint density at radius 2 is 2.18 bits per heavy atom. The Bertz CT molecular complexity index is 632. The van der Waals surface area contributed by atoms with Crippen LogP contribution in [0.2, 0.25) is 0 Å². The lowest BCUT2D eigenvalue weighted by Gasteiger charge is -2.14. The third-order valence-electron chi connectivity index (χ3n) is 3.28. The Hall–Kier alpha value is -2.41. The van der Waals surface area contributed by atoms with Crippen LogP contribution in [0.15, 0.2) is 24.4 Å². The lowest BCUT2D eigenvalue weighted by atomic mass is 10.2. The second-order valence-corrected chi connectivity index (χ2v) is 5.13. The van der Waals surface area contributed by atoms with Crippen molar-refractivity contribution in [2.24, 2.45) is 0 Å². The molecule has 0 saturated carbocycles. The molecule has 2 aromatic rings. The first kappa shape index (κ1) is 16.0. The van der Waals surface area contributed by atoms with Gasteiger partial charge in [0.2, 0.25) is 0 Å². The normalized spacial score (nSPS) is 12.0. The molecule has 0 radical (unpaired) electrons. The van der Waals surface area contributed by atoms with Gasteiger partial charge in [0.05, 0.1) is 30.2 Å². The minimum absolute atomic E-state index is 0.0843. The topological polar surface area (TPSA) is 92.1 Å². The van der Waals surface area contributed by atoms with E-state index in [1.54, 1.807) is 23.0 Å². The Balaban J connectivity index is 2.03. The Kier molecular flexibility index (Phi) is 5.11. The average molecular weight is 303 g/mol. The minimum atomic E-state index is -0.360. The molecule has 0 aliphatic rings. The van der Waals surface area contributed by atoms with Crippen LogP contribution >= 0.6 is 0 Å². The summed E-state index contributed by atoms with van der Waals surface area (Å²) in [4.78, 5) is 16.1. The molecule has 2 aromatic heterocycles. The molecule has 1 atom stereocenters. The van der Waals surface area contributed by atoms with Gasteiger partial charge in [0.1, 0.15) is 0 Å². The molecule has 0 bridgehead atoms. The number of nitrogens with zero attached hydrogens (tertiary/aromatic N) is 3. The van der Waals surface area contributed by atoms with Crippen LogP contribution in [0.25, 0.3) is 5.82 Å². The van der Waals surface area contributed by atoms with Gasteiger partial charge in [-0.2, -0.15) is 5.10 Å². The number of aromatic nitrogens is 3. The number of urea groups is 1. The van der Waals surface area contributed by atoms with Gasteiger partial charge in [-0.1, -0.05) is 6.92 Å². The van der Waals surface area contributed by atoms with Crippen LogP contribution in [0.4, 0.5) is 10.5 Å². The molecule has 0 aliphatic heterocycles. The summed E-state index contributed by atoms with van der Waals surface area (Å²) in [6, 6.07) is 4.92. The van der Waals surface area contributed by atoms with E-state index in [0.717, 1.165) is 11.4 Å². The highest BCUT2D eigenvalue weighted by Gasteiger charge is 2.10. The van der Waals surface area contributed by atoms with E-state index >= 15 is 0 Å². The van der Waals surface area contributed by atoms with Crippen molar-refractivity contribution in [3.8, 4) is 5.82 Å². The maximum atomic E-state index is 11.8. The van der Waals surface area contributed by atoms with Crippen molar-refractivity contribution >= 4 is 11.7 Å². The first-order valence-corrected chi connectivity index (χ1v) is 7.21. The number of hydrogen-bond acceptors (Lipinski definition) is 4. The average Bonchev–Trinajstić information content (AvgIpc) is 2.84. The third kappa shape index (κ3) is 3.82. The molecular formula is C15H21N5O2. The number of pyridine rings is 1. The second-order valence-electron chi connectivity index (χ2n) is 5.13. The zero-order valence-electron chi connectivity index (χ0n) is 13.0. The van der Waals surface area contributed by atoms with Gasteiger partial charge < -0.3 is 15.7 Å². The summed E-state index contributed by atoms with van der Waals surface area (Å²) in [7, 11) is 0.